The van der Waals surface area contributed by atoms with Gasteiger partial charge in [0.2, 0.25) is 11.8 Å². The second kappa shape index (κ2) is 10.2. The molecule has 0 radical (unpaired) electrons. The van der Waals surface area contributed by atoms with Crippen molar-refractivity contribution in [1.29, 1.82) is 0 Å². The Morgan fingerprint density at radius 3 is 2.52 bits per heavy atom. The van der Waals surface area contributed by atoms with Gasteiger partial charge in [0.25, 0.3) is 0 Å². The van der Waals surface area contributed by atoms with Gasteiger partial charge in [-0.1, -0.05) is 0 Å². The van der Waals surface area contributed by atoms with E-state index in [1.54, 1.807) is 0 Å². The summed E-state index contributed by atoms with van der Waals surface area (Å²) < 4.78 is 0. The predicted octanol–water partition coefficient (Wildman–Crippen LogP) is -0.890. The van der Waals surface area contributed by atoms with Crippen LogP contribution in [0.3, 0.4) is 0 Å². The highest BCUT2D eigenvalue weighted by Gasteiger charge is 2.30. The van der Waals surface area contributed by atoms with E-state index in [0.717, 1.165) is 32.5 Å². The van der Waals surface area contributed by atoms with Crippen molar-refractivity contribution in [2.45, 2.75) is 31.7 Å². The number of likely N-dealkylation sites (tertiary alicyclic amines) is 1. The Balaban J connectivity index is 2.22. The Kier molecular flexibility index (Phi) is 8.57. The number of aliphatic carboxylic acids is 1. The molecular formula is C15H28N4O4. The molecule has 2 amide bonds. The molecule has 0 aromatic carbocycles. The van der Waals surface area contributed by atoms with Gasteiger partial charge in [0.05, 0.1) is 12.5 Å². The molecule has 1 aliphatic heterocycles. The minimum absolute atomic E-state index is 0.0282. The molecular weight excluding hydrogens is 309 g/mol. The minimum Gasteiger partial charge on any atom is -0.481 e. The van der Waals surface area contributed by atoms with Gasteiger partial charge in [0.15, 0.2) is 0 Å². The molecule has 0 saturated carbocycles. The lowest BCUT2D eigenvalue weighted by Gasteiger charge is -2.25. The summed E-state index contributed by atoms with van der Waals surface area (Å²) in [7, 11) is 4.02. The summed E-state index contributed by atoms with van der Waals surface area (Å²) in [5.74, 6) is -1.22. The zero-order chi connectivity index (χ0) is 17.2. The van der Waals surface area contributed by atoms with Gasteiger partial charge in [-0.2, -0.15) is 0 Å². The maximum Gasteiger partial charge on any atom is 0.305 e. The predicted molar refractivity (Wildman–Crippen MR) is 86.0 cm³/mol. The van der Waals surface area contributed by atoms with E-state index in [9.17, 15) is 14.4 Å². The van der Waals surface area contributed by atoms with Crippen molar-refractivity contribution in [3.05, 3.63) is 0 Å². The topological polar surface area (TPSA) is 102 Å². The monoisotopic (exact) mass is 337 g/mol. The van der Waals surface area contributed by atoms with Crippen LogP contribution in [-0.2, 0) is 14.4 Å². The number of carboxylic acids is 1. The molecule has 0 aliphatic carbocycles. The summed E-state index contributed by atoms with van der Waals surface area (Å²) in [6, 6.07) is -0.106. The Morgan fingerprint density at radius 2 is 1.87 bits per heavy atom. The molecule has 132 valence electrons. The molecule has 0 aromatic rings. The number of carbonyl (C=O) groups excluding carboxylic acids is 2. The molecule has 1 fully saturated rings. The fourth-order valence-electron chi connectivity index (χ4n) is 2.53. The first-order valence-corrected chi connectivity index (χ1v) is 8.05. The number of nitrogens with zero attached hydrogens (tertiary/aromatic N) is 2. The van der Waals surface area contributed by atoms with Crippen LogP contribution in [0.5, 0.6) is 0 Å². The molecule has 23 heavy (non-hydrogen) atoms. The zero-order valence-corrected chi connectivity index (χ0v) is 14.0. The Labute approximate surface area is 137 Å². The minimum atomic E-state index is -0.947. The number of hydrogen-bond donors (Lipinski definition) is 3. The second-order valence-electron chi connectivity index (χ2n) is 6.03. The first kappa shape index (κ1) is 19.4. The molecule has 8 nitrogen and oxygen atoms in total. The maximum absolute atomic E-state index is 12.2. The Hall–Kier alpha value is -1.67. The van der Waals surface area contributed by atoms with Gasteiger partial charge < -0.3 is 20.6 Å². The number of carbonyl (C=O) groups is 3. The number of likely N-dealkylation sites (N-methyl/N-ethyl adjacent to an activating group) is 1. The lowest BCUT2D eigenvalue weighted by atomic mass is 10.3. The average molecular weight is 337 g/mol. The quantitative estimate of drug-likeness (QED) is 0.353. The Morgan fingerprint density at radius 1 is 1.17 bits per heavy atom. The molecule has 8 heteroatoms. The van der Waals surface area contributed by atoms with Crippen molar-refractivity contribution < 1.29 is 19.5 Å². The third-order valence-corrected chi connectivity index (χ3v) is 3.81. The Bertz CT molecular complexity index is 414. The molecule has 0 spiro atoms. The normalized spacial score (nSPS) is 18.1. The van der Waals surface area contributed by atoms with E-state index < -0.39 is 5.97 Å². The van der Waals surface area contributed by atoms with E-state index in [2.05, 4.69) is 20.4 Å². The van der Waals surface area contributed by atoms with E-state index in [0.29, 0.717) is 0 Å². The maximum atomic E-state index is 12.2. The van der Waals surface area contributed by atoms with E-state index in [4.69, 9.17) is 5.11 Å². The number of nitrogens with one attached hydrogen (secondary N) is 2. The van der Waals surface area contributed by atoms with Crippen LogP contribution in [0, 0.1) is 0 Å². The smallest absolute Gasteiger partial charge is 0.305 e. The number of rotatable bonds is 10. The van der Waals surface area contributed by atoms with E-state index in [-0.39, 0.29) is 43.8 Å². The number of carboxylic acid groups (broad SMARTS) is 1. The molecule has 1 atom stereocenters. The van der Waals surface area contributed by atoms with Crippen molar-refractivity contribution in [2.24, 2.45) is 0 Å². The van der Waals surface area contributed by atoms with E-state index >= 15 is 0 Å². The van der Waals surface area contributed by atoms with E-state index in [1.165, 1.54) is 0 Å². The molecule has 0 bridgehead atoms. The second-order valence-corrected chi connectivity index (χ2v) is 6.03. The summed E-state index contributed by atoms with van der Waals surface area (Å²) in [6.07, 6.45) is 1.93. The van der Waals surface area contributed by atoms with Crippen LogP contribution < -0.4 is 10.6 Å². The van der Waals surface area contributed by atoms with Crippen molar-refractivity contribution in [3.8, 4) is 0 Å². The lowest BCUT2D eigenvalue weighted by molar-refractivity contribution is -0.137. The van der Waals surface area contributed by atoms with Crippen LogP contribution in [0.25, 0.3) is 0 Å². The van der Waals surface area contributed by atoms with Gasteiger partial charge in [0.1, 0.15) is 0 Å². The first-order chi connectivity index (χ1) is 10.9. The summed E-state index contributed by atoms with van der Waals surface area (Å²) in [5.41, 5.74) is 0. The summed E-state index contributed by atoms with van der Waals surface area (Å²) in [4.78, 5) is 38.3. The van der Waals surface area contributed by atoms with Gasteiger partial charge in [-0.25, -0.2) is 0 Å². The molecule has 1 rings (SSSR count). The van der Waals surface area contributed by atoms with Crippen LogP contribution in [0.1, 0.15) is 25.7 Å². The van der Waals surface area contributed by atoms with Gasteiger partial charge in [-0.3, -0.25) is 19.3 Å². The summed E-state index contributed by atoms with van der Waals surface area (Å²) in [5, 5.41) is 13.8. The van der Waals surface area contributed by atoms with Crippen LogP contribution >= 0.6 is 0 Å². The molecule has 0 aromatic heterocycles. The van der Waals surface area contributed by atoms with E-state index in [1.807, 2.05) is 14.1 Å². The SMILES string of the molecule is CN(C)CCN1CCCC1[13C](=O)[15NH][13CH2][13CH2][13C](=O)[15NH][13CH2][13CH2][13C](=O)O. The van der Waals surface area contributed by atoms with Crippen molar-refractivity contribution in [1.82, 2.24) is 20.4 Å². The highest BCUT2D eigenvalue weighted by atomic mass is 16.5. The molecule has 1 aliphatic rings. The van der Waals surface area contributed by atoms with Crippen LogP contribution in [0.2, 0.25) is 0 Å². The first-order valence-electron chi connectivity index (χ1n) is 8.05. The van der Waals surface area contributed by atoms with Crippen molar-refractivity contribution in [3.63, 3.8) is 0 Å². The molecule has 1 heterocycles. The summed E-state index contributed by atoms with van der Waals surface area (Å²) >= 11 is 0. The number of hydrogen-bond acceptors (Lipinski definition) is 5. The summed E-state index contributed by atoms with van der Waals surface area (Å²) in [6.45, 7) is 3.09. The number of amides is 2. The van der Waals surface area contributed by atoms with Crippen LogP contribution in [0.4, 0.5) is 0 Å². The highest BCUT2D eigenvalue weighted by Crippen LogP contribution is 2.16. The van der Waals surface area contributed by atoms with Crippen LogP contribution in [-0.4, -0.2) is 85.6 Å². The molecule has 1 unspecified atom stereocenters. The van der Waals surface area contributed by atoms with Crippen molar-refractivity contribution >= 4 is 17.8 Å². The highest BCUT2D eigenvalue weighted by molar-refractivity contribution is 5.83. The van der Waals surface area contributed by atoms with Gasteiger partial charge in [-0.15, -0.1) is 0 Å². The van der Waals surface area contributed by atoms with Gasteiger partial charge >= 0.3 is 5.97 Å². The zero-order valence-electron chi connectivity index (χ0n) is 14.0. The average Bonchev–Trinajstić information content (AvgIpc) is 2.93. The van der Waals surface area contributed by atoms with Gasteiger partial charge in [-0.05, 0) is 33.5 Å². The van der Waals surface area contributed by atoms with Crippen molar-refractivity contribution in [2.75, 3.05) is 46.8 Å². The lowest BCUT2D eigenvalue weighted by Crippen LogP contribution is -2.46. The third-order valence-electron chi connectivity index (χ3n) is 3.81. The third kappa shape index (κ3) is 7.94. The standard InChI is InChI=1S/C15H28N4O4/c1-18(2)10-11-19-9-3-4-12(19)15(23)17-7-5-13(20)16-8-6-14(21)22/h12H,3-11H2,1-2H3,(H,16,20)(H,17,23)(H,21,22)/i5+1,6+1,7+1,8+1,13+1,14+1,15+1,16+1,17+1. The molecule has 3 N–H and O–H groups in total. The largest absolute Gasteiger partial charge is 0.481 e. The van der Waals surface area contributed by atoms with Crippen LogP contribution in [0.15, 0.2) is 0 Å². The fraction of sp³-hybridized carbons (Fsp3) is 0.800. The fourth-order valence-corrected chi connectivity index (χ4v) is 2.53. The molecule has 1 saturated heterocycles. The van der Waals surface area contributed by atoms with Gasteiger partial charge in [0, 0.05) is 32.6 Å².